The van der Waals surface area contributed by atoms with Crippen molar-refractivity contribution in [3.05, 3.63) is 42.0 Å². The number of carbonyl (C=O) groups excluding carboxylic acids is 1. The number of ether oxygens (including phenoxy) is 4. The second kappa shape index (κ2) is 7.12. The summed E-state index contributed by atoms with van der Waals surface area (Å²) >= 11 is 0. The first-order chi connectivity index (χ1) is 11.7. The van der Waals surface area contributed by atoms with Gasteiger partial charge in [0.1, 0.15) is 11.5 Å². The molecule has 1 N–H and O–H groups in total. The molecular weight excluding hydrogens is 310 g/mol. The highest BCUT2D eigenvalue weighted by molar-refractivity contribution is 6.05. The van der Waals surface area contributed by atoms with Crippen LogP contribution in [0.1, 0.15) is 16.8 Å². The van der Waals surface area contributed by atoms with E-state index in [1.807, 2.05) is 0 Å². The van der Waals surface area contributed by atoms with Crippen molar-refractivity contribution < 1.29 is 23.7 Å². The van der Waals surface area contributed by atoms with Gasteiger partial charge in [-0.15, -0.1) is 0 Å². The van der Waals surface area contributed by atoms with E-state index in [4.69, 9.17) is 18.9 Å². The van der Waals surface area contributed by atoms with Crippen LogP contribution in [0.5, 0.6) is 23.0 Å². The summed E-state index contributed by atoms with van der Waals surface area (Å²) in [6.45, 7) is 1.19. The predicted molar refractivity (Wildman–Crippen MR) is 89.5 cm³/mol. The van der Waals surface area contributed by atoms with Crippen molar-refractivity contribution in [3.8, 4) is 23.0 Å². The molecule has 0 spiro atoms. The summed E-state index contributed by atoms with van der Waals surface area (Å²) in [7, 11) is 3.11. The van der Waals surface area contributed by atoms with Crippen LogP contribution in [0.25, 0.3) is 0 Å². The minimum Gasteiger partial charge on any atom is -0.497 e. The van der Waals surface area contributed by atoms with Crippen LogP contribution in [0.2, 0.25) is 0 Å². The van der Waals surface area contributed by atoms with Crippen LogP contribution in [-0.2, 0) is 0 Å². The quantitative estimate of drug-likeness (QED) is 0.933. The molecular formula is C18H19NO5. The highest BCUT2D eigenvalue weighted by Gasteiger charge is 2.15. The van der Waals surface area contributed by atoms with Gasteiger partial charge in [0.15, 0.2) is 11.5 Å². The molecule has 6 heteroatoms. The van der Waals surface area contributed by atoms with Gasteiger partial charge in [0, 0.05) is 18.1 Å². The van der Waals surface area contributed by atoms with Crippen molar-refractivity contribution >= 4 is 11.6 Å². The van der Waals surface area contributed by atoms with Crippen molar-refractivity contribution in [2.75, 3.05) is 32.8 Å². The summed E-state index contributed by atoms with van der Waals surface area (Å²) < 4.78 is 21.6. The number of hydrogen-bond acceptors (Lipinski definition) is 5. The van der Waals surface area contributed by atoms with Gasteiger partial charge >= 0.3 is 0 Å². The molecule has 126 valence electrons. The van der Waals surface area contributed by atoms with E-state index in [2.05, 4.69) is 5.32 Å². The molecule has 0 saturated heterocycles. The SMILES string of the molecule is COc1ccc(NC(=O)c2ccc3c(c2)OCCCO3)c(OC)c1. The fourth-order valence-corrected chi connectivity index (χ4v) is 2.40. The van der Waals surface area contributed by atoms with Crippen LogP contribution in [0.3, 0.4) is 0 Å². The lowest BCUT2D eigenvalue weighted by Gasteiger charge is -2.13. The topological polar surface area (TPSA) is 66.0 Å². The lowest BCUT2D eigenvalue weighted by atomic mass is 10.1. The van der Waals surface area contributed by atoms with Gasteiger partial charge in [-0.2, -0.15) is 0 Å². The number of nitrogens with one attached hydrogen (secondary N) is 1. The maximum atomic E-state index is 12.5. The third-order valence-electron chi connectivity index (χ3n) is 3.67. The van der Waals surface area contributed by atoms with E-state index in [9.17, 15) is 4.79 Å². The monoisotopic (exact) mass is 329 g/mol. The Hall–Kier alpha value is -2.89. The minimum absolute atomic E-state index is 0.255. The highest BCUT2D eigenvalue weighted by atomic mass is 16.5. The summed E-state index contributed by atoms with van der Waals surface area (Å²) in [6.07, 6.45) is 0.819. The lowest BCUT2D eigenvalue weighted by molar-refractivity contribution is 0.102. The Morgan fingerprint density at radius 2 is 1.79 bits per heavy atom. The Balaban J connectivity index is 1.81. The zero-order valence-electron chi connectivity index (χ0n) is 13.6. The molecule has 2 aromatic rings. The van der Waals surface area contributed by atoms with Gasteiger partial charge in [0.2, 0.25) is 0 Å². The van der Waals surface area contributed by atoms with E-state index in [1.165, 1.54) is 7.11 Å². The third kappa shape index (κ3) is 3.37. The number of fused-ring (bicyclic) bond motifs is 1. The average molecular weight is 329 g/mol. The van der Waals surface area contributed by atoms with Crippen molar-refractivity contribution in [2.24, 2.45) is 0 Å². The second-order valence-corrected chi connectivity index (χ2v) is 5.23. The molecule has 24 heavy (non-hydrogen) atoms. The molecule has 0 saturated carbocycles. The molecule has 6 nitrogen and oxygen atoms in total. The van der Waals surface area contributed by atoms with Gasteiger partial charge in [-0.3, -0.25) is 4.79 Å². The fraction of sp³-hybridized carbons (Fsp3) is 0.278. The maximum Gasteiger partial charge on any atom is 0.255 e. The largest absolute Gasteiger partial charge is 0.497 e. The van der Waals surface area contributed by atoms with Gasteiger partial charge in [0.05, 0.1) is 33.1 Å². The number of amides is 1. The Bertz CT molecular complexity index is 744. The summed E-state index contributed by atoms with van der Waals surface area (Å²) in [5.74, 6) is 2.17. The number of benzene rings is 2. The van der Waals surface area contributed by atoms with Gasteiger partial charge in [-0.1, -0.05) is 0 Å². The minimum atomic E-state index is -0.255. The molecule has 2 aromatic carbocycles. The van der Waals surface area contributed by atoms with Gasteiger partial charge < -0.3 is 24.3 Å². The van der Waals surface area contributed by atoms with E-state index in [0.29, 0.717) is 47.5 Å². The van der Waals surface area contributed by atoms with Crippen LogP contribution in [0.15, 0.2) is 36.4 Å². The number of rotatable bonds is 4. The highest BCUT2D eigenvalue weighted by Crippen LogP contribution is 2.32. The summed E-state index contributed by atoms with van der Waals surface area (Å²) in [5.41, 5.74) is 1.05. The first kappa shape index (κ1) is 16.0. The van der Waals surface area contributed by atoms with Crippen LogP contribution in [0, 0.1) is 0 Å². The van der Waals surface area contributed by atoms with Gasteiger partial charge in [-0.25, -0.2) is 0 Å². The van der Waals surface area contributed by atoms with Crippen molar-refractivity contribution in [1.82, 2.24) is 0 Å². The predicted octanol–water partition coefficient (Wildman–Crippen LogP) is 3.12. The summed E-state index contributed by atoms with van der Waals surface area (Å²) in [6, 6.07) is 10.3. The fourth-order valence-electron chi connectivity index (χ4n) is 2.40. The van der Waals surface area contributed by atoms with Crippen LogP contribution < -0.4 is 24.3 Å². The Morgan fingerprint density at radius 3 is 2.54 bits per heavy atom. The number of carbonyl (C=O) groups is 1. The Morgan fingerprint density at radius 1 is 1.00 bits per heavy atom. The molecule has 3 rings (SSSR count). The van der Waals surface area contributed by atoms with Gasteiger partial charge in [0.25, 0.3) is 5.91 Å². The van der Waals surface area contributed by atoms with Crippen LogP contribution in [-0.4, -0.2) is 33.3 Å². The molecule has 0 bridgehead atoms. The van der Waals surface area contributed by atoms with Crippen molar-refractivity contribution in [3.63, 3.8) is 0 Å². The second-order valence-electron chi connectivity index (χ2n) is 5.23. The molecule has 0 atom stereocenters. The van der Waals surface area contributed by atoms with E-state index < -0.39 is 0 Å². The Labute approximate surface area is 140 Å². The summed E-state index contributed by atoms with van der Waals surface area (Å²) in [5, 5.41) is 2.84. The van der Waals surface area contributed by atoms with Gasteiger partial charge in [-0.05, 0) is 30.3 Å². The number of methoxy groups -OCH3 is 2. The molecule has 0 unspecified atom stereocenters. The first-order valence-electron chi connectivity index (χ1n) is 7.64. The normalized spacial score (nSPS) is 12.9. The van der Waals surface area contributed by atoms with Crippen molar-refractivity contribution in [1.29, 1.82) is 0 Å². The van der Waals surface area contributed by atoms with Crippen molar-refractivity contribution in [2.45, 2.75) is 6.42 Å². The number of anilines is 1. The molecule has 0 radical (unpaired) electrons. The molecule has 0 fully saturated rings. The Kier molecular flexibility index (Phi) is 4.74. The van der Waals surface area contributed by atoms with E-state index in [-0.39, 0.29) is 5.91 Å². The van der Waals surface area contributed by atoms with Crippen LogP contribution >= 0.6 is 0 Å². The zero-order valence-corrected chi connectivity index (χ0v) is 13.6. The smallest absolute Gasteiger partial charge is 0.255 e. The van der Waals surface area contributed by atoms with Crippen LogP contribution in [0.4, 0.5) is 5.69 Å². The molecule has 1 amide bonds. The molecule has 1 aliphatic heterocycles. The molecule has 1 heterocycles. The third-order valence-corrected chi connectivity index (χ3v) is 3.67. The lowest BCUT2D eigenvalue weighted by Crippen LogP contribution is -2.13. The van der Waals surface area contributed by atoms with E-state index in [1.54, 1.807) is 43.5 Å². The maximum absolute atomic E-state index is 12.5. The molecule has 0 aromatic heterocycles. The average Bonchev–Trinajstić information content (AvgIpc) is 2.86. The number of hydrogen-bond donors (Lipinski definition) is 1. The first-order valence-corrected chi connectivity index (χ1v) is 7.64. The van der Waals surface area contributed by atoms with E-state index >= 15 is 0 Å². The van der Waals surface area contributed by atoms with E-state index in [0.717, 1.165) is 6.42 Å². The zero-order chi connectivity index (χ0) is 16.9. The standard InChI is InChI=1S/C18H19NO5/c1-21-13-5-6-14(16(11-13)22-2)19-18(20)12-4-7-15-17(10-12)24-9-3-8-23-15/h4-7,10-11H,3,8-9H2,1-2H3,(H,19,20). The molecule has 0 aliphatic carbocycles. The molecule has 1 aliphatic rings. The summed E-state index contributed by atoms with van der Waals surface area (Å²) in [4.78, 5) is 12.5.